The Balaban J connectivity index is 3.86. The van der Waals surface area contributed by atoms with Crippen LogP contribution in [-0.4, -0.2) is 26.2 Å². The summed E-state index contributed by atoms with van der Waals surface area (Å²) in [6, 6.07) is 0.509. The maximum absolute atomic E-state index is 3.45. The molecule has 0 bridgehead atoms. The van der Waals surface area contributed by atoms with Crippen LogP contribution in [0.4, 0.5) is 0 Å². The third-order valence-corrected chi connectivity index (χ3v) is 1.98. The standard InChI is InChI=1S/C9H23N3/c1-6-11-8(7-12-10-5)9(2,3)4/h8,10-12H,6-7H2,1-5H3/t8-/m0/s1. The molecular weight excluding hydrogens is 150 g/mol. The van der Waals surface area contributed by atoms with Crippen molar-refractivity contribution in [3.05, 3.63) is 0 Å². The van der Waals surface area contributed by atoms with E-state index in [1.54, 1.807) is 0 Å². The van der Waals surface area contributed by atoms with Crippen LogP contribution in [0.1, 0.15) is 27.7 Å². The molecule has 0 aromatic heterocycles. The average molecular weight is 173 g/mol. The molecule has 74 valence electrons. The Kier molecular flexibility index (Phi) is 5.46. The maximum Gasteiger partial charge on any atom is 0.0259 e. The number of nitrogens with one attached hydrogen (secondary N) is 3. The fourth-order valence-electron chi connectivity index (χ4n) is 1.14. The van der Waals surface area contributed by atoms with Gasteiger partial charge in [-0.25, -0.2) is 0 Å². The van der Waals surface area contributed by atoms with E-state index in [2.05, 4.69) is 43.9 Å². The molecule has 0 unspecified atom stereocenters. The molecule has 0 radical (unpaired) electrons. The van der Waals surface area contributed by atoms with Crippen LogP contribution in [0.25, 0.3) is 0 Å². The fraction of sp³-hybridized carbons (Fsp3) is 1.00. The number of hydrazine groups is 1. The zero-order valence-corrected chi connectivity index (χ0v) is 8.99. The third-order valence-electron chi connectivity index (χ3n) is 1.98. The topological polar surface area (TPSA) is 36.1 Å². The van der Waals surface area contributed by atoms with Gasteiger partial charge in [0.05, 0.1) is 0 Å². The predicted molar refractivity (Wildman–Crippen MR) is 54.0 cm³/mol. The monoisotopic (exact) mass is 173 g/mol. The van der Waals surface area contributed by atoms with Crippen LogP contribution in [0.15, 0.2) is 0 Å². The van der Waals surface area contributed by atoms with Crippen molar-refractivity contribution in [2.75, 3.05) is 20.1 Å². The second-order valence-electron chi connectivity index (χ2n) is 4.11. The molecule has 0 amide bonds. The molecule has 0 heterocycles. The summed E-state index contributed by atoms with van der Waals surface area (Å²) in [6.07, 6.45) is 0. The van der Waals surface area contributed by atoms with Crippen LogP contribution in [-0.2, 0) is 0 Å². The van der Waals surface area contributed by atoms with Crippen molar-refractivity contribution in [3.63, 3.8) is 0 Å². The van der Waals surface area contributed by atoms with Crippen molar-refractivity contribution < 1.29 is 0 Å². The first-order valence-corrected chi connectivity index (χ1v) is 4.65. The minimum atomic E-state index is 0.305. The first-order chi connectivity index (χ1) is 5.52. The lowest BCUT2D eigenvalue weighted by Crippen LogP contribution is -2.49. The lowest BCUT2D eigenvalue weighted by atomic mass is 9.87. The fourth-order valence-corrected chi connectivity index (χ4v) is 1.14. The van der Waals surface area contributed by atoms with E-state index in [0.717, 1.165) is 13.1 Å². The minimum absolute atomic E-state index is 0.305. The second kappa shape index (κ2) is 5.51. The summed E-state index contributed by atoms with van der Waals surface area (Å²) in [5.74, 6) is 0. The van der Waals surface area contributed by atoms with Crippen LogP contribution in [0.3, 0.4) is 0 Å². The highest BCUT2D eigenvalue weighted by Gasteiger charge is 2.22. The smallest absolute Gasteiger partial charge is 0.0259 e. The highest BCUT2D eigenvalue weighted by Crippen LogP contribution is 2.18. The van der Waals surface area contributed by atoms with E-state index in [-0.39, 0.29) is 0 Å². The zero-order chi connectivity index (χ0) is 9.61. The molecule has 3 heteroatoms. The minimum Gasteiger partial charge on any atom is -0.312 e. The molecule has 0 aliphatic heterocycles. The first-order valence-electron chi connectivity index (χ1n) is 4.65. The summed E-state index contributed by atoms with van der Waals surface area (Å²) in [5.41, 5.74) is 6.37. The van der Waals surface area contributed by atoms with E-state index >= 15 is 0 Å². The van der Waals surface area contributed by atoms with Gasteiger partial charge in [0, 0.05) is 12.6 Å². The van der Waals surface area contributed by atoms with Gasteiger partial charge in [0.15, 0.2) is 0 Å². The molecule has 0 rings (SSSR count). The highest BCUT2D eigenvalue weighted by molar-refractivity contribution is 4.81. The number of rotatable bonds is 5. The Bertz CT molecular complexity index is 107. The van der Waals surface area contributed by atoms with Gasteiger partial charge in [-0.1, -0.05) is 27.7 Å². The summed E-state index contributed by atoms with van der Waals surface area (Å²) in [7, 11) is 1.89. The van der Waals surface area contributed by atoms with Gasteiger partial charge >= 0.3 is 0 Å². The van der Waals surface area contributed by atoms with Gasteiger partial charge < -0.3 is 5.32 Å². The molecule has 0 spiro atoms. The average Bonchev–Trinajstić information content (AvgIpc) is 1.95. The molecule has 3 nitrogen and oxygen atoms in total. The predicted octanol–water partition coefficient (Wildman–Crippen LogP) is 0.735. The van der Waals surface area contributed by atoms with Crippen LogP contribution in [0, 0.1) is 5.41 Å². The molecular formula is C9H23N3. The molecule has 0 aromatic carbocycles. The van der Waals surface area contributed by atoms with Gasteiger partial charge in [0.2, 0.25) is 0 Å². The highest BCUT2D eigenvalue weighted by atomic mass is 15.3. The zero-order valence-electron chi connectivity index (χ0n) is 8.99. The van der Waals surface area contributed by atoms with E-state index < -0.39 is 0 Å². The van der Waals surface area contributed by atoms with Crippen LogP contribution < -0.4 is 16.2 Å². The Hall–Kier alpha value is -0.120. The quantitative estimate of drug-likeness (QED) is 0.537. The van der Waals surface area contributed by atoms with Gasteiger partial charge in [-0.15, -0.1) is 0 Å². The van der Waals surface area contributed by atoms with Crippen molar-refractivity contribution in [2.24, 2.45) is 5.41 Å². The number of hydrogen-bond donors (Lipinski definition) is 3. The largest absolute Gasteiger partial charge is 0.312 e. The van der Waals surface area contributed by atoms with Gasteiger partial charge in [-0.3, -0.25) is 10.9 Å². The lowest BCUT2D eigenvalue weighted by molar-refractivity contribution is 0.257. The lowest BCUT2D eigenvalue weighted by Gasteiger charge is -2.31. The third kappa shape index (κ3) is 4.70. The van der Waals surface area contributed by atoms with Crippen molar-refractivity contribution in [3.8, 4) is 0 Å². The Morgan fingerprint density at radius 1 is 1.25 bits per heavy atom. The Morgan fingerprint density at radius 2 is 1.83 bits per heavy atom. The Morgan fingerprint density at radius 3 is 2.17 bits per heavy atom. The van der Waals surface area contributed by atoms with Crippen molar-refractivity contribution in [1.29, 1.82) is 0 Å². The number of likely N-dealkylation sites (N-methyl/N-ethyl adjacent to an activating group) is 1. The molecule has 12 heavy (non-hydrogen) atoms. The van der Waals surface area contributed by atoms with Crippen molar-refractivity contribution >= 4 is 0 Å². The van der Waals surface area contributed by atoms with E-state index in [1.165, 1.54) is 0 Å². The van der Waals surface area contributed by atoms with Gasteiger partial charge in [0.25, 0.3) is 0 Å². The second-order valence-corrected chi connectivity index (χ2v) is 4.11. The van der Waals surface area contributed by atoms with E-state index in [9.17, 15) is 0 Å². The van der Waals surface area contributed by atoms with E-state index in [1.807, 2.05) is 7.05 Å². The van der Waals surface area contributed by atoms with E-state index in [4.69, 9.17) is 0 Å². The Labute approximate surface area is 76.3 Å². The molecule has 0 aromatic rings. The summed E-state index contributed by atoms with van der Waals surface area (Å²) in [5, 5.41) is 3.45. The van der Waals surface area contributed by atoms with Crippen molar-refractivity contribution in [1.82, 2.24) is 16.2 Å². The molecule has 0 saturated heterocycles. The van der Waals surface area contributed by atoms with Crippen LogP contribution in [0.2, 0.25) is 0 Å². The molecule has 0 aliphatic rings. The SMILES string of the molecule is CCN[C@@H](CNNC)C(C)(C)C. The van der Waals surface area contributed by atoms with Crippen LogP contribution >= 0.6 is 0 Å². The maximum atomic E-state index is 3.45. The van der Waals surface area contributed by atoms with Gasteiger partial charge in [0.1, 0.15) is 0 Å². The summed E-state index contributed by atoms with van der Waals surface area (Å²) in [4.78, 5) is 0. The van der Waals surface area contributed by atoms with Crippen LogP contribution in [0.5, 0.6) is 0 Å². The molecule has 0 saturated carbocycles. The summed E-state index contributed by atoms with van der Waals surface area (Å²) < 4.78 is 0. The van der Waals surface area contributed by atoms with Crippen molar-refractivity contribution in [2.45, 2.75) is 33.7 Å². The van der Waals surface area contributed by atoms with E-state index in [0.29, 0.717) is 11.5 Å². The number of hydrogen-bond acceptors (Lipinski definition) is 3. The molecule has 1 atom stereocenters. The summed E-state index contributed by atoms with van der Waals surface area (Å²) >= 11 is 0. The molecule has 3 N–H and O–H groups in total. The van der Waals surface area contributed by atoms with Gasteiger partial charge in [-0.05, 0) is 19.0 Å². The first kappa shape index (κ1) is 11.9. The molecule has 0 aliphatic carbocycles. The van der Waals surface area contributed by atoms with Gasteiger partial charge in [-0.2, -0.15) is 0 Å². The normalized spacial score (nSPS) is 14.8. The molecule has 0 fully saturated rings. The summed E-state index contributed by atoms with van der Waals surface area (Å²) in [6.45, 7) is 10.9.